The van der Waals surface area contributed by atoms with Crippen LogP contribution in [0.25, 0.3) is 23.0 Å². The van der Waals surface area contributed by atoms with Crippen LogP contribution in [-0.2, 0) is 0 Å². The van der Waals surface area contributed by atoms with Gasteiger partial charge < -0.3 is 5.32 Å². The van der Waals surface area contributed by atoms with Crippen molar-refractivity contribution in [2.75, 3.05) is 5.32 Å². The van der Waals surface area contributed by atoms with Crippen molar-refractivity contribution in [3.63, 3.8) is 0 Å². The third kappa shape index (κ3) is 3.79. The van der Waals surface area contributed by atoms with Gasteiger partial charge in [-0.1, -0.05) is 24.3 Å². The molecular weight excluding hydrogens is 342 g/mol. The van der Waals surface area contributed by atoms with Crippen LogP contribution < -0.4 is 5.32 Å². The smallest absolute Gasteiger partial charge is 0.255 e. The Hall–Kier alpha value is -4.07. The minimum absolute atomic E-state index is 0.204. The van der Waals surface area contributed by atoms with Crippen molar-refractivity contribution in [2.24, 2.45) is 0 Å². The second-order valence-corrected chi connectivity index (χ2v) is 5.51. The summed E-state index contributed by atoms with van der Waals surface area (Å²) in [7, 11) is 0. The molecule has 0 saturated carbocycles. The predicted molar refractivity (Wildman–Crippen MR) is 98.5 cm³/mol. The van der Waals surface area contributed by atoms with E-state index in [0.29, 0.717) is 28.5 Å². The van der Waals surface area contributed by atoms with E-state index in [-0.39, 0.29) is 11.7 Å². The number of nitrogens with zero attached hydrogens (tertiary/aromatic N) is 6. The SMILES string of the molecule is O=C(Nc1ccc(-c2nnc(-c3ccccn3)nn2)nc1)c1ccccc1. The fourth-order valence-corrected chi connectivity index (χ4v) is 2.32. The predicted octanol–water partition coefficient (Wildman–Crippen LogP) is 2.64. The molecule has 0 aliphatic heterocycles. The van der Waals surface area contributed by atoms with E-state index in [2.05, 4.69) is 35.7 Å². The standard InChI is InChI=1S/C19H13N7O/c27-19(13-6-2-1-3-7-13)22-14-9-10-16(21-12-14)18-25-23-17(24-26-18)15-8-4-5-11-20-15/h1-12H,(H,22,27). The Morgan fingerprint density at radius 2 is 1.37 bits per heavy atom. The molecule has 3 aromatic heterocycles. The van der Waals surface area contributed by atoms with Crippen LogP contribution in [0.1, 0.15) is 10.4 Å². The van der Waals surface area contributed by atoms with Crippen molar-refractivity contribution in [3.8, 4) is 23.0 Å². The van der Waals surface area contributed by atoms with E-state index in [1.807, 2.05) is 24.3 Å². The number of carbonyl (C=O) groups excluding carboxylic acids is 1. The number of rotatable bonds is 4. The number of hydrogen-bond donors (Lipinski definition) is 1. The van der Waals surface area contributed by atoms with Crippen LogP contribution in [0.5, 0.6) is 0 Å². The van der Waals surface area contributed by atoms with Gasteiger partial charge in [-0.2, -0.15) is 0 Å². The molecule has 0 atom stereocenters. The van der Waals surface area contributed by atoms with Gasteiger partial charge in [0.2, 0.25) is 11.6 Å². The van der Waals surface area contributed by atoms with Gasteiger partial charge in [0.15, 0.2) is 0 Å². The first-order valence-corrected chi connectivity index (χ1v) is 8.11. The normalized spacial score (nSPS) is 10.4. The molecule has 0 aliphatic rings. The first-order valence-electron chi connectivity index (χ1n) is 8.11. The largest absolute Gasteiger partial charge is 0.321 e. The van der Waals surface area contributed by atoms with Gasteiger partial charge in [-0.05, 0) is 36.4 Å². The first kappa shape index (κ1) is 16.4. The zero-order valence-electron chi connectivity index (χ0n) is 14.0. The number of benzene rings is 1. The van der Waals surface area contributed by atoms with E-state index in [0.717, 1.165) is 0 Å². The second kappa shape index (κ2) is 7.44. The lowest BCUT2D eigenvalue weighted by Crippen LogP contribution is -2.11. The van der Waals surface area contributed by atoms with Gasteiger partial charge in [-0.15, -0.1) is 20.4 Å². The molecule has 1 N–H and O–H groups in total. The number of carbonyl (C=O) groups is 1. The lowest BCUT2D eigenvalue weighted by atomic mass is 10.2. The molecule has 1 amide bonds. The summed E-state index contributed by atoms with van der Waals surface area (Å²) in [5.74, 6) is 0.422. The maximum absolute atomic E-state index is 12.2. The van der Waals surface area contributed by atoms with Crippen molar-refractivity contribution in [3.05, 3.63) is 78.6 Å². The third-order valence-electron chi connectivity index (χ3n) is 3.66. The molecule has 4 aromatic rings. The molecular formula is C19H13N7O. The lowest BCUT2D eigenvalue weighted by Gasteiger charge is -2.05. The Labute approximate surface area is 154 Å². The molecule has 0 saturated heterocycles. The summed E-state index contributed by atoms with van der Waals surface area (Å²) in [5.41, 5.74) is 2.23. The van der Waals surface area contributed by atoms with Gasteiger partial charge in [0.05, 0.1) is 11.9 Å². The molecule has 27 heavy (non-hydrogen) atoms. The average molecular weight is 355 g/mol. The number of amides is 1. The molecule has 8 nitrogen and oxygen atoms in total. The number of aromatic nitrogens is 6. The van der Waals surface area contributed by atoms with Crippen molar-refractivity contribution in [1.82, 2.24) is 30.4 Å². The van der Waals surface area contributed by atoms with Crippen molar-refractivity contribution < 1.29 is 4.79 Å². The van der Waals surface area contributed by atoms with Crippen molar-refractivity contribution in [2.45, 2.75) is 0 Å². The third-order valence-corrected chi connectivity index (χ3v) is 3.66. The highest BCUT2D eigenvalue weighted by atomic mass is 16.1. The first-order chi connectivity index (χ1) is 13.3. The minimum Gasteiger partial charge on any atom is -0.321 e. The highest BCUT2D eigenvalue weighted by Crippen LogP contribution is 2.15. The molecule has 0 aliphatic carbocycles. The summed E-state index contributed by atoms with van der Waals surface area (Å²) in [6, 6.07) is 17.8. The van der Waals surface area contributed by atoms with Crippen molar-refractivity contribution >= 4 is 11.6 Å². The van der Waals surface area contributed by atoms with Gasteiger partial charge in [0.1, 0.15) is 11.4 Å². The number of pyridine rings is 2. The Balaban J connectivity index is 1.48. The Morgan fingerprint density at radius 1 is 0.704 bits per heavy atom. The second-order valence-electron chi connectivity index (χ2n) is 5.51. The Bertz CT molecular complexity index is 1040. The van der Waals surface area contributed by atoms with E-state index >= 15 is 0 Å². The molecule has 4 rings (SSSR count). The van der Waals surface area contributed by atoms with E-state index in [1.54, 1.807) is 42.6 Å². The monoisotopic (exact) mass is 355 g/mol. The van der Waals surface area contributed by atoms with E-state index in [1.165, 1.54) is 6.20 Å². The van der Waals surface area contributed by atoms with E-state index < -0.39 is 0 Å². The highest BCUT2D eigenvalue weighted by molar-refractivity contribution is 6.04. The maximum Gasteiger partial charge on any atom is 0.255 e. The molecule has 1 aromatic carbocycles. The molecule has 8 heteroatoms. The molecule has 0 fully saturated rings. The van der Waals surface area contributed by atoms with E-state index in [4.69, 9.17) is 0 Å². The Kier molecular flexibility index (Phi) is 4.52. The maximum atomic E-state index is 12.2. The molecule has 0 radical (unpaired) electrons. The van der Waals surface area contributed by atoms with Crippen LogP contribution in [0.4, 0.5) is 5.69 Å². The Morgan fingerprint density at radius 3 is 1.96 bits per heavy atom. The number of nitrogens with one attached hydrogen (secondary N) is 1. The van der Waals surface area contributed by atoms with Gasteiger partial charge in [-0.3, -0.25) is 14.8 Å². The zero-order chi connectivity index (χ0) is 18.5. The highest BCUT2D eigenvalue weighted by Gasteiger charge is 2.09. The minimum atomic E-state index is -0.204. The van der Waals surface area contributed by atoms with Crippen LogP contribution in [0.3, 0.4) is 0 Å². The van der Waals surface area contributed by atoms with Crippen LogP contribution in [-0.4, -0.2) is 36.3 Å². The van der Waals surface area contributed by atoms with Gasteiger partial charge in [0, 0.05) is 11.8 Å². The van der Waals surface area contributed by atoms with Crippen LogP contribution in [0.2, 0.25) is 0 Å². The molecule has 3 heterocycles. The summed E-state index contributed by atoms with van der Waals surface area (Å²) in [6.45, 7) is 0. The van der Waals surface area contributed by atoms with E-state index in [9.17, 15) is 4.79 Å². The fraction of sp³-hybridized carbons (Fsp3) is 0. The summed E-state index contributed by atoms with van der Waals surface area (Å²) < 4.78 is 0. The molecule has 0 spiro atoms. The molecule has 130 valence electrons. The average Bonchev–Trinajstić information content (AvgIpc) is 2.76. The lowest BCUT2D eigenvalue weighted by molar-refractivity contribution is 0.102. The summed E-state index contributed by atoms with van der Waals surface area (Å²) in [4.78, 5) is 20.6. The summed E-state index contributed by atoms with van der Waals surface area (Å²) in [6.07, 6.45) is 3.18. The zero-order valence-corrected chi connectivity index (χ0v) is 14.0. The number of hydrogen-bond acceptors (Lipinski definition) is 7. The van der Waals surface area contributed by atoms with Crippen LogP contribution >= 0.6 is 0 Å². The van der Waals surface area contributed by atoms with Crippen LogP contribution in [0.15, 0.2) is 73.1 Å². The number of anilines is 1. The van der Waals surface area contributed by atoms with Gasteiger partial charge >= 0.3 is 0 Å². The summed E-state index contributed by atoms with van der Waals surface area (Å²) in [5, 5.41) is 19.0. The molecule has 0 unspecified atom stereocenters. The van der Waals surface area contributed by atoms with Crippen molar-refractivity contribution in [1.29, 1.82) is 0 Å². The van der Waals surface area contributed by atoms with Gasteiger partial charge in [0.25, 0.3) is 5.91 Å². The molecule has 0 bridgehead atoms. The topological polar surface area (TPSA) is 106 Å². The summed E-state index contributed by atoms with van der Waals surface area (Å²) >= 11 is 0. The fourth-order valence-electron chi connectivity index (χ4n) is 2.32. The van der Waals surface area contributed by atoms with Crippen LogP contribution in [0, 0.1) is 0 Å². The van der Waals surface area contributed by atoms with Gasteiger partial charge in [-0.25, -0.2) is 0 Å². The quantitative estimate of drug-likeness (QED) is 0.600.